The van der Waals surface area contributed by atoms with Crippen LogP contribution in [0.4, 0.5) is 5.69 Å². The summed E-state index contributed by atoms with van der Waals surface area (Å²) in [6, 6.07) is 17.5. The van der Waals surface area contributed by atoms with E-state index in [0.717, 1.165) is 54.2 Å². The molecule has 0 bridgehead atoms. The van der Waals surface area contributed by atoms with E-state index in [1.54, 1.807) is 0 Å². The summed E-state index contributed by atoms with van der Waals surface area (Å²) in [5, 5.41) is 10.7. The van der Waals surface area contributed by atoms with Gasteiger partial charge in [0.2, 0.25) is 0 Å². The fourth-order valence-corrected chi connectivity index (χ4v) is 3.37. The van der Waals surface area contributed by atoms with Crippen LogP contribution in [-0.4, -0.2) is 31.3 Å². The molecule has 0 N–H and O–H groups in total. The summed E-state index contributed by atoms with van der Waals surface area (Å²) in [7, 11) is 0. The lowest BCUT2D eigenvalue weighted by atomic mass is 10.1. The second-order valence-corrected chi connectivity index (χ2v) is 6.83. The summed E-state index contributed by atoms with van der Waals surface area (Å²) >= 11 is 6.23. The van der Waals surface area contributed by atoms with E-state index >= 15 is 0 Å². The number of benzene rings is 2. The molecule has 27 heavy (non-hydrogen) atoms. The first kappa shape index (κ1) is 17.5. The fourth-order valence-electron chi connectivity index (χ4n) is 3.20. The highest BCUT2D eigenvalue weighted by atomic mass is 35.5. The fraction of sp³-hybridized carbons (Fsp3) is 0.182. The minimum absolute atomic E-state index is 0.655. The van der Waals surface area contributed by atoms with E-state index in [4.69, 9.17) is 26.6 Å². The van der Waals surface area contributed by atoms with Crippen LogP contribution >= 0.6 is 11.6 Å². The van der Waals surface area contributed by atoms with Gasteiger partial charge in [-0.05, 0) is 48.0 Å². The molecule has 134 valence electrons. The summed E-state index contributed by atoms with van der Waals surface area (Å²) in [5.74, 6) is 0. The van der Waals surface area contributed by atoms with Crippen molar-refractivity contribution in [2.75, 3.05) is 31.2 Å². The standard InChI is InChI=1S/C22H18ClN3O/c23-18-6-8-21-20(13-18)22(26-9-11-27-12-10-26)14-19(25-21)7-5-16-1-3-17(15-24)4-2-16/h1-8,13-14H,9-12H2/b7-5+. The minimum atomic E-state index is 0.655. The first-order chi connectivity index (χ1) is 13.2. The molecule has 0 radical (unpaired) electrons. The summed E-state index contributed by atoms with van der Waals surface area (Å²) in [4.78, 5) is 7.09. The zero-order valence-corrected chi connectivity index (χ0v) is 15.5. The highest BCUT2D eigenvalue weighted by Crippen LogP contribution is 2.30. The first-order valence-corrected chi connectivity index (χ1v) is 9.22. The molecule has 1 aliphatic rings. The number of pyridine rings is 1. The van der Waals surface area contributed by atoms with E-state index in [1.165, 1.54) is 0 Å². The van der Waals surface area contributed by atoms with Crippen LogP contribution in [0, 0.1) is 11.3 Å². The third kappa shape index (κ3) is 3.95. The van der Waals surface area contributed by atoms with Gasteiger partial charge in [-0.2, -0.15) is 5.26 Å². The molecule has 2 heterocycles. The number of aromatic nitrogens is 1. The number of hydrogen-bond acceptors (Lipinski definition) is 4. The Morgan fingerprint density at radius 2 is 1.81 bits per heavy atom. The third-order valence-electron chi connectivity index (χ3n) is 4.61. The number of rotatable bonds is 3. The SMILES string of the molecule is N#Cc1ccc(/C=C/c2cc(N3CCOCC3)c3cc(Cl)ccc3n2)cc1. The average molecular weight is 376 g/mol. The molecule has 1 aromatic heterocycles. The van der Waals surface area contributed by atoms with Crippen molar-refractivity contribution in [2.24, 2.45) is 0 Å². The number of hydrogen-bond donors (Lipinski definition) is 0. The number of nitriles is 1. The largest absolute Gasteiger partial charge is 0.378 e. The number of ether oxygens (including phenoxy) is 1. The predicted molar refractivity (Wildman–Crippen MR) is 110 cm³/mol. The van der Waals surface area contributed by atoms with Gasteiger partial charge in [0.05, 0.1) is 36.1 Å². The molecule has 2 aromatic carbocycles. The molecule has 0 unspecified atom stereocenters. The minimum Gasteiger partial charge on any atom is -0.378 e. The lowest BCUT2D eigenvalue weighted by Gasteiger charge is -2.30. The topological polar surface area (TPSA) is 49.2 Å². The molecule has 1 saturated heterocycles. The highest BCUT2D eigenvalue weighted by molar-refractivity contribution is 6.31. The zero-order chi connectivity index (χ0) is 18.6. The maximum atomic E-state index is 8.91. The molecule has 4 rings (SSSR count). The van der Waals surface area contributed by atoms with Gasteiger partial charge in [-0.1, -0.05) is 29.8 Å². The zero-order valence-electron chi connectivity index (χ0n) is 14.7. The molecular formula is C22H18ClN3O. The lowest BCUT2D eigenvalue weighted by Crippen LogP contribution is -2.36. The van der Waals surface area contributed by atoms with Crippen molar-refractivity contribution in [1.29, 1.82) is 5.26 Å². The van der Waals surface area contributed by atoms with E-state index in [-0.39, 0.29) is 0 Å². The van der Waals surface area contributed by atoms with Gasteiger partial charge < -0.3 is 9.64 Å². The molecular weight excluding hydrogens is 358 g/mol. The van der Waals surface area contributed by atoms with Crippen molar-refractivity contribution in [2.45, 2.75) is 0 Å². The Kier molecular flexibility index (Phi) is 5.06. The van der Waals surface area contributed by atoms with Crippen molar-refractivity contribution in [3.8, 4) is 6.07 Å². The molecule has 3 aromatic rings. The summed E-state index contributed by atoms with van der Waals surface area (Å²) in [6.07, 6.45) is 4.01. The Labute approximate surface area is 163 Å². The smallest absolute Gasteiger partial charge is 0.0991 e. The van der Waals surface area contributed by atoms with Gasteiger partial charge in [0.1, 0.15) is 0 Å². The quantitative estimate of drug-likeness (QED) is 0.661. The Hall–Kier alpha value is -2.87. The van der Waals surface area contributed by atoms with Crippen LogP contribution in [0.15, 0.2) is 48.5 Å². The number of fused-ring (bicyclic) bond motifs is 1. The average Bonchev–Trinajstić information content (AvgIpc) is 2.73. The Bertz CT molecular complexity index is 1030. The van der Waals surface area contributed by atoms with Crippen LogP contribution in [0.2, 0.25) is 5.02 Å². The summed E-state index contributed by atoms with van der Waals surface area (Å²) in [5.41, 5.74) is 4.62. The second kappa shape index (κ2) is 7.79. The Morgan fingerprint density at radius 1 is 1.04 bits per heavy atom. The van der Waals surface area contributed by atoms with Gasteiger partial charge in [0.25, 0.3) is 0 Å². The van der Waals surface area contributed by atoms with E-state index in [2.05, 4.69) is 17.0 Å². The summed E-state index contributed by atoms with van der Waals surface area (Å²) in [6.45, 7) is 3.15. The molecule has 5 heteroatoms. The maximum absolute atomic E-state index is 8.91. The molecule has 0 amide bonds. The highest BCUT2D eigenvalue weighted by Gasteiger charge is 2.15. The van der Waals surface area contributed by atoms with Crippen LogP contribution in [0.5, 0.6) is 0 Å². The van der Waals surface area contributed by atoms with Crippen molar-refractivity contribution in [3.63, 3.8) is 0 Å². The van der Waals surface area contributed by atoms with Crippen LogP contribution in [0.1, 0.15) is 16.8 Å². The molecule has 0 aliphatic carbocycles. The van der Waals surface area contributed by atoms with Gasteiger partial charge in [-0.15, -0.1) is 0 Å². The monoisotopic (exact) mass is 375 g/mol. The van der Waals surface area contributed by atoms with E-state index in [1.807, 2.05) is 54.6 Å². The van der Waals surface area contributed by atoms with Crippen LogP contribution in [0.25, 0.3) is 23.1 Å². The van der Waals surface area contributed by atoms with Gasteiger partial charge in [-0.3, -0.25) is 0 Å². The molecule has 1 aliphatic heterocycles. The molecule has 0 atom stereocenters. The first-order valence-electron chi connectivity index (χ1n) is 8.84. The van der Waals surface area contributed by atoms with Crippen molar-refractivity contribution in [1.82, 2.24) is 4.98 Å². The number of nitrogens with zero attached hydrogens (tertiary/aromatic N) is 3. The number of anilines is 1. The normalized spacial score (nSPS) is 14.6. The predicted octanol–water partition coefficient (Wildman–Crippen LogP) is 4.77. The molecule has 0 spiro atoms. The number of halogens is 1. The van der Waals surface area contributed by atoms with Gasteiger partial charge in [0.15, 0.2) is 0 Å². The van der Waals surface area contributed by atoms with E-state index < -0.39 is 0 Å². The third-order valence-corrected chi connectivity index (χ3v) is 4.84. The maximum Gasteiger partial charge on any atom is 0.0991 e. The summed E-state index contributed by atoms with van der Waals surface area (Å²) < 4.78 is 5.49. The molecule has 0 saturated carbocycles. The Morgan fingerprint density at radius 3 is 2.56 bits per heavy atom. The second-order valence-electron chi connectivity index (χ2n) is 6.39. The van der Waals surface area contributed by atoms with Crippen molar-refractivity contribution >= 4 is 40.3 Å². The number of morpholine rings is 1. The van der Waals surface area contributed by atoms with E-state index in [9.17, 15) is 0 Å². The lowest BCUT2D eigenvalue weighted by molar-refractivity contribution is 0.123. The Balaban J connectivity index is 1.73. The van der Waals surface area contributed by atoms with Crippen molar-refractivity contribution in [3.05, 3.63) is 70.4 Å². The van der Waals surface area contributed by atoms with Gasteiger partial charge in [0, 0.05) is 29.2 Å². The van der Waals surface area contributed by atoms with Crippen LogP contribution in [-0.2, 0) is 4.74 Å². The van der Waals surface area contributed by atoms with Gasteiger partial charge >= 0.3 is 0 Å². The molecule has 1 fully saturated rings. The van der Waals surface area contributed by atoms with Crippen LogP contribution in [0.3, 0.4) is 0 Å². The van der Waals surface area contributed by atoms with Crippen LogP contribution < -0.4 is 4.90 Å². The molecule has 4 nitrogen and oxygen atoms in total. The van der Waals surface area contributed by atoms with E-state index in [0.29, 0.717) is 10.6 Å². The van der Waals surface area contributed by atoms with Gasteiger partial charge in [-0.25, -0.2) is 4.98 Å². The van der Waals surface area contributed by atoms with Crippen molar-refractivity contribution < 1.29 is 4.74 Å².